The second-order valence-corrected chi connectivity index (χ2v) is 10.3. The Morgan fingerprint density at radius 2 is 1.13 bits per heavy atom. The molecule has 0 saturated carbocycles. The van der Waals surface area contributed by atoms with Gasteiger partial charge in [0.15, 0.2) is 23.7 Å². The zero-order valence-corrected chi connectivity index (χ0v) is 24.9. The van der Waals surface area contributed by atoms with Gasteiger partial charge in [-0.15, -0.1) is 0 Å². The maximum atomic E-state index is 12.7. The van der Waals surface area contributed by atoms with Crippen molar-refractivity contribution in [3.05, 3.63) is 23.8 Å². The van der Waals surface area contributed by atoms with Crippen molar-refractivity contribution in [3.8, 4) is 11.5 Å². The molecule has 0 spiro atoms. The fraction of sp³-hybridized carbons (Fsp3) is 0.677. The van der Waals surface area contributed by atoms with E-state index in [1.165, 1.54) is 19.9 Å². The van der Waals surface area contributed by atoms with Crippen molar-refractivity contribution in [3.63, 3.8) is 0 Å². The van der Waals surface area contributed by atoms with Crippen molar-refractivity contribution in [2.75, 3.05) is 0 Å². The second-order valence-electron chi connectivity index (χ2n) is 10.3. The first-order chi connectivity index (χ1) is 18.5. The summed E-state index contributed by atoms with van der Waals surface area (Å²) in [6.45, 7) is 12.9. The summed E-state index contributed by atoms with van der Waals surface area (Å²) in [5.41, 5.74) is 0.765. The van der Waals surface area contributed by atoms with E-state index < -0.39 is 36.1 Å². The summed E-state index contributed by atoms with van der Waals surface area (Å²) < 4.78 is 21.5. The molecule has 0 bridgehead atoms. The van der Waals surface area contributed by atoms with Gasteiger partial charge in [0.25, 0.3) is 0 Å². The molecule has 8 nitrogen and oxygen atoms in total. The monoisotopic (exact) mass is 548 g/mol. The molecule has 220 valence electrons. The number of esters is 4. The van der Waals surface area contributed by atoms with Gasteiger partial charge in [0.2, 0.25) is 0 Å². The molecular formula is C31H48O8. The number of unbranched alkanes of at least 4 members (excludes halogenated alkanes) is 2. The summed E-state index contributed by atoms with van der Waals surface area (Å²) in [4.78, 5) is 50.1. The van der Waals surface area contributed by atoms with Crippen LogP contribution in [0.5, 0.6) is 11.5 Å². The first kappa shape index (κ1) is 34.1. The minimum Gasteiger partial charge on any atom is -0.451 e. The van der Waals surface area contributed by atoms with E-state index in [1.807, 2.05) is 13.8 Å². The smallest absolute Gasteiger partial charge is 0.352 e. The quantitative estimate of drug-likeness (QED) is 0.144. The van der Waals surface area contributed by atoms with E-state index in [-0.39, 0.29) is 36.2 Å². The maximum absolute atomic E-state index is 12.7. The van der Waals surface area contributed by atoms with Crippen LogP contribution in [0.4, 0.5) is 0 Å². The number of aryl methyl sites for hydroxylation is 1. The molecule has 0 N–H and O–H groups in total. The predicted octanol–water partition coefficient (Wildman–Crippen LogP) is 6.88. The van der Waals surface area contributed by atoms with Gasteiger partial charge in [0.05, 0.1) is 0 Å². The van der Waals surface area contributed by atoms with Crippen LogP contribution in [-0.4, -0.2) is 36.1 Å². The Bertz CT molecular complexity index is 925. The lowest BCUT2D eigenvalue weighted by Gasteiger charge is -2.18. The number of ether oxygens (including phenoxy) is 4. The highest BCUT2D eigenvalue weighted by atomic mass is 16.6. The van der Waals surface area contributed by atoms with Crippen LogP contribution in [-0.2, 0) is 28.7 Å². The summed E-state index contributed by atoms with van der Waals surface area (Å²) in [5, 5.41) is 0. The fourth-order valence-electron chi connectivity index (χ4n) is 4.11. The average Bonchev–Trinajstić information content (AvgIpc) is 2.89. The third-order valence-corrected chi connectivity index (χ3v) is 6.80. The van der Waals surface area contributed by atoms with Crippen molar-refractivity contribution >= 4 is 23.9 Å². The highest BCUT2D eigenvalue weighted by Crippen LogP contribution is 2.30. The molecule has 4 atom stereocenters. The summed E-state index contributed by atoms with van der Waals surface area (Å²) in [6.07, 6.45) is 5.99. The normalized spacial score (nSPS) is 14.0. The summed E-state index contributed by atoms with van der Waals surface area (Å²) in [7, 11) is 0. The number of carbonyl (C=O) groups excluding carboxylic acids is 4. The third kappa shape index (κ3) is 13.1. The van der Waals surface area contributed by atoms with E-state index in [9.17, 15) is 19.2 Å². The third-order valence-electron chi connectivity index (χ3n) is 6.80. The maximum Gasteiger partial charge on any atom is 0.352 e. The van der Waals surface area contributed by atoms with Gasteiger partial charge >= 0.3 is 23.9 Å². The van der Waals surface area contributed by atoms with E-state index in [4.69, 9.17) is 18.9 Å². The Kier molecular flexibility index (Phi) is 16.1. The SMILES string of the molecule is CCCCC(CC)CC(=O)OC(C)C(=O)Oc1ccc(C)cc1OC(=O)C(C)OC(=O)CC(CC)CCCC. The van der Waals surface area contributed by atoms with Gasteiger partial charge in [0, 0.05) is 12.8 Å². The molecule has 0 amide bonds. The van der Waals surface area contributed by atoms with Crippen LogP contribution in [0.25, 0.3) is 0 Å². The molecule has 0 fully saturated rings. The Hall–Kier alpha value is -2.90. The minimum atomic E-state index is -1.13. The van der Waals surface area contributed by atoms with Gasteiger partial charge in [-0.1, -0.05) is 72.3 Å². The van der Waals surface area contributed by atoms with Crippen molar-refractivity contribution in [2.24, 2.45) is 11.8 Å². The van der Waals surface area contributed by atoms with Gasteiger partial charge in [0.1, 0.15) is 0 Å². The number of hydrogen-bond acceptors (Lipinski definition) is 8. The molecule has 39 heavy (non-hydrogen) atoms. The molecule has 8 heteroatoms. The molecule has 1 aromatic carbocycles. The Morgan fingerprint density at radius 3 is 1.54 bits per heavy atom. The van der Waals surface area contributed by atoms with E-state index in [1.54, 1.807) is 19.1 Å². The first-order valence-electron chi connectivity index (χ1n) is 14.5. The Labute approximate surface area is 234 Å². The van der Waals surface area contributed by atoms with Crippen molar-refractivity contribution in [1.29, 1.82) is 0 Å². The summed E-state index contributed by atoms with van der Waals surface area (Å²) in [5.74, 6) is -2.04. The number of benzene rings is 1. The van der Waals surface area contributed by atoms with Crippen molar-refractivity contribution in [2.45, 2.75) is 125 Å². The highest BCUT2D eigenvalue weighted by molar-refractivity contribution is 5.83. The predicted molar refractivity (Wildman–Crippen MR) is 149 cm³/mol. The van der Waals surface area contributed by atoms with Crippen LogP contribution in [0.15, 0.2) is 18.2 Å². The van der Waals surface area contributed by atoms with Crippen LogP contribution in [0, 0.1) is 18.8 Å². The molecule has 4 unspecified atom stereocenters. The molecule has 1 rings (SSSR count). The number of rotatable bonds is 18. The van der Waals surface area contributed by atoms with E-state index in [0.717, 1.165) is 56.9 Å². The molecule has 0 aliphatic rings. The number of carbonyl (C=O) groups is 4. The first-order valence-corrected chi connectivity index (χ1v) is 14.5. The second kappa shape index (κ2) is 18.4. The van der Waals surface area contributed by atoms with Gasteiger partial charge in [-0.05, 0) is 63.1 Å². The molecule has 0 saturated heterocycles. The van der Waals surface area contributed by atoms with E-state index in [2.05, 4.69) is 13.8 Å². The van der Waals surface area contributed by atoms with Crippen molar-refractivity contribution in [1.82, 2.24) is 0 Å². The largest absolute Gasteiger partial charge is 0.451 e. The molecule has 0 aliphatic heterocycles. The van der Waals surface area contributed by atoms with Crippen LogP contribution in [0.2, 0.25) is 0 Å². The summed E-state index contributed by atoms with van der Waals surface area (Å²) in [6, 6.07) is 4.74. The van der Waals surface area contributed by atoms with Crippen LogP contribution in [0.1, 0.15) is 111 Å². The lowest BCUT2D eigenvalue weighted by atomic mass is 9.96. The van der Waals surface area contributed by atoms with Gasteiger partial charge in [-0.2, -0.15) is 0 Å². The van der Waals surface area contributed by atoms with Crippen LogP contribution >= 0.6 is 0 Å². The summed E-state index contributed by atoms with van der Waals surface area (Å²) >= 11 is 0. The fourth-order valence-corrected chi connectivity index (χ4v) is 4.11. The highest BCUT2D eigenvalue weighted by Gasteiger charge is 2.26. The lowest BCUT2D eigenvalue weighted by molar-refractivity contribution is -0.162. The molecule has 0 heterocycles. The van der Waals surface area contributed by atoms with Gasteiger partial charge < -0.3 is 18.9 Å². The Morgan fingerprint density at radius 1 is 0.692 bits per heavy atom. The standard InChI is InChI=1S/C31H48O8/c1-8-12-14-24(10-3)19-28(32)36-22(6)30(34)38-26-17-16-21(5)18-27(26)39-31(35)23(7)37-29(33)20-25(11-4)15-13-9-2/h16-18,22-25H,8-15,19-20H2,1-7H3. The van der Waals surface area contributed by atoms with Gasteiger partial charge in [-0.3, -0.25) is 9.59 Å². The average molecular weight is 549 g/mol. The topological polar surface area (TPSA) is 105 Å². The zero-order chi connectivity index (χ0) is 29.4. The van der Waals surface area contributed by atoms with Crippen molar-refractivity contribution < 1.29 is 38.1 Å². The van der Waals surface area contributed by atoms with Crippen LogP contribution < -0.4 is 9.47 Å². The molecule has 1 aromatic rings. The van der Waals surface area contributed by atoms with Gasteiger partial charge in [-0.25, -0.2) is 9.59 Å². The molecular weight excluding hydrogens is 500 g/mol. The molecule has 0 aromatic heterocycles. The molecule has 0 radical (unpaired) electrons. The zero-order valence-electron chi connectivity index (χ0n) is 24.9. The van der Waals surface area contributed by atoms with Crippen LogP contribution in [0.3, 0.4) is 0 Å². The van der Waals surface area contributed by atoms with E-state index >= 15 is 0 Å². The van der Waals surface area contributed by atoms with E-state index in [0.29, 0.717) is 0 Å². The lowest BCUT2D eigenvalue weighted by Crippen LogP contribution is -2.30. The minimum absolute atomic E-state index is 0.000341. The molecule has 0 aliphatic carbocycles. The Balaban J connectivity index is 2.76. The number of hydrogen-bond donors (Lipinski definition) is 0.